The molecule has 2 bridgehead atoms. The van der Waals surface area contributed by atoms with E-state index >= 15 is 0 Å². The van der Waals surface area contributed by atoms with E-state index in [-0.39, 0.29) is 5.60 Å². The normalized spacial score (nSPS) is 43.4. The Hall–Kier alpha value is -0.0800. The maximum absolute atomic E-state index is 6.06. The van der Waals surface area contributed by atoms with Crippen molar-refractivity contribution in [2.45, 2.75) is 51.2 Å². The van der Waals surface area contributed by atoms with E-state index in [9.17, 15) is 0 Å². The van der Waals surface area contributed by atoms with Gasteiger partial charge in [0.2, 0.25) is 0 Å². The molecule has 3 atom stereocenters. The van der Waals surface area contributed by atoms with Crippen molar-refractivity contribution in [3.63, 3.8) is 0 Å². The van der Waals surface area contributed by atoms with Crippen molar-refractivity contribution < 1.29 is 4.74 Å². The van der Waals surface area contributed by atoms with Crippen molar-refractivity contribution in [2.24, 2.45) is 17.6 Å². The number of ether oxygens (including phenoxy) is 1. The van der Waals surface area contributed by atoms with Gasteiger partial charge in [-0.1, -0.05) is 0 Å². The highest BCUT2D eigenvalue weighted by atomic mass is 16.5. The molecule has 76 valence electrons. The number of hydrogen-bond acceptors (Lipinski definition) is 2. The zero-order chi connectivity index (χ0) is 9.47. The highest BCUT2D eigenvalue weighted by molar-refractivity contribution is 5.03. The lowest BCUT2D eigenvalue weighted by Gasteiger charge is -2.38. The molecule has 2 rings (SSSR count). The Morgan fingerprint density at radius 3 is 2.62 bits per heavy atom. The van der Waals surface area contributed by atoms with Crippen molar-refractivity contribution in [3.05, 3.63) is 0 Å². The fourth-order valence-electron chi connectivity index (χ4n) is 3.31. The molecule has 2 heteroatoms. The van der Waals surface area contributed by atoms with E-state index < -0.39 is 0 Å². The van der Waals surface area contributed by atoms with E-state index in [0.29, 0.717) is 12.6 Å². The molecule has 0 amide bonds. The highest BCUT2D eigenvalue weighted by Gasteiger charge is 2.51. The quantitative estimate of drug-likeness (QED) is 0.725. The Morgan fingerprint density at radius 2 is 2.23 bits per heavy atom. The van der Waals surface area contributed by atoms with Gasteiger partial charge in [-0.05, 0) is 51.4 Å². The maximum atomic E-state index is 6.06. The summed E-state index contributed by atoms with van der Waals surface area (Å²) in [6, 6.07) is 0. The molecule has 0 aliphatic heterocycles. The van der Waals surface area contributed by atoms with E-state index in [2.05, 4.69) is 13.8 Å². The van der Waals surface area contributed by atoms with Crippen LogP contribution in [0.3, 0.4) is 0 Å². The van der Waals surface area contributed by atoms with E-state index in [0.717, 1.165) is 11.8 Å². The van der Waals surface area contributed by atoms with Crippen molar-refractivity contribution in [2.75, 3.05) is 6.54 Å². The zero-order valence-corrected chi connectivity index (χ0v) is 8.75. The van der Waals surface area contributed by atoms with E-state index in [4.69, 9.17) is 10.5 Å². The van der Waals surface area contributed by atoms with Crippen LogP contribution in [0.15, 0.2) is 0 Å². The SMILES string of the molecule is CC(C)OC1(CN)CC2CCC1C2. The summed E-state index contributed by atoms with van der Waals surface area (Å²) in [4.78, 5) is 0. The maximum Gasteiger partial charge on any atom is 0.0838 e. The van der Waals surface area contributed by atoms with Gasteiger partial charge in [0.15, 0.2) is 0 Å². The van der Waals surface area contributed by atoms with Gasteiger partial charge in [-0.15, -0.1) is 0 Å². The summed E-state index contributed by atoms with van der Waals surface area (Å²) in [7, 11) is 0. The van der Waals surface area contributed by atoms with Crippen LogP contribution in [-0.2, 0) is 4.74 Å². The minimum Gasteiger partial charge on any atom is -0.371 e. The van der Waals surface area contributed by atoms with Crippen LogP contribution in [0, 0.1) is 11.8 Å². The summed E-state index contributed by atoms with van der Waals surface area (Å²) in [6.07, 6.45) is 5.65. The second-order valence-corrected chi connectivity index (χ2v) is 5.02. The predicted octanol–water partition coefficient (Wildman–Crippen LogP) is 1.93. The summed E-state index contributed by atoms with van der Waals surface area (Å²) in [5.41, 5.74) is 5.93. The molecule has 2 aliphatic carbocycles. The standard InChI is InChI=1S/C11H21NO/c1-8(2)13-11(7-12)6-9-3-4-10(11)5-9/h8-10H,3-7,12H2,1-2H3. The molecule has 0 radical (unpaired) electrons. The zero-order valence-electron chi connectivity index (χ0n) is 8.75. The Morgan fingerprint density at radius 1 is 1.46 bits per heavy atom. The average Bonchev–Trinajstić information content (AvgIpc) is 2.62. The summed E-state index contributed by atoms with van der Waals surface area (Å²) in [5, 5.41) is 0. The van der Waals surface area contributed by atoms with Gasteiger partial charge < -0.3 is 10.5 Å². The molecular weight excluding hydrogens is 162 g/mol. The minimum absolute atomic E-state index is 0.0527. The summed E-state index contributed by atoms with van der Waals surface area (Å²) >= 11 is 0. The molecule has 13 heavy (non-hydrogen) atoms. The van der Waals surface area contributed by atoms with Crippen LogP contribution in [0.25, 0.3) is 0 Å². The topological polar surface area (TPSA) is 35.2 Å². The lowest BCUT2D eigenvalue weighted by Crippen LogP contribution is -2.47. The molecule has 3 unspecified atom stereocenters. The Bertz CT molecular complexity index is 193. The molecule has 2 fully saturated rings. The molecule has 0 aromatic rings. The van der Waals surface area contributed by atoms with Crippen molar-refractivity contribution in [1.82, 2.24) is 0 Å². The van der Waals surface area contributed by atoms with Gasteiger partial charge in [-0.25, -0.2) is 0 Å². The molecule has 2 N–H and O–H groups in total. The number of nitrogens with two attached hydrogens (primary N) is 1. The van der Waals surface area contributed by atoms with Crippen molar-refractivity contribution in [1.29, 1.82) is 0 Å². The van der Waals surface area contributed by atoms with Crippen molar-refractivity contribution >= 4 is 0 Å². The lowest BCUT2D eigenvalue weighted by atomic mass is 9.84. The Labute approximate surface area is 80.8 Å². The fraction of sp³-hybridized carbons (Fsp3) is 1.00. The van der Waals surface area contributed by atoms with Gasteiger partial charge in [0.05, 0.1) is 11.7 Å². The molecule has 0 heterocycles. The van der Waals surface area contributed by atoms with Gasteiger partial charge in [-0.2, -0.15) is 0 Å². The van der Waals surface area contributed by atoms with Gasteiger partial charge in [-0.3, -0.25) is 0 Å². The monoisotopic (exact) mass is 183 g/mol. The van der Waals surface area contributed by atoms with E-state index in [1.165, 1.54) is 25.7 Å². The first-order valence-corrected chi connectivity index (χ1v) is 5.54. The number of rotatable bonds is 3. The van der Waals surface area contributed by atoms with Gasteiger partial charge >= 0.3 is 0 Å². The van der Waals surface area contributed by atoms with Crippen LogP contribution in [0.2, 0.25) is 0 Å². The second kappa shape index (κ2) is 3.25. The smallest absolute Gasteiger partial charge is 0.0838 e. The Kier molecular flexibility index (Phi) is 2.37. The Balaban J connectivity index is 2.08. The molecule has 2 aliphatic rings. The summed E-state index contributed by atoms with van der Waals surface area (Å²) in [6.45, 7) is 4.94. The third-order valence-electron chi connectivity index (χ3n) is 3.74. The van der Waals surface area contributed by atoms with Crippen molar-refractivity contribution in [3.8, 4) is 0 Å². The molecule has 0 aromatic carbocycles. The van der Waals surface area contributed by atoms with E-state index in [1.54, 1.807) is 0 Å². The third-order valence-corrected chi connectivity index (χ3v) is 3.74. The lowest BCUT2D eigenvalue weighted by molar-refractivity contribution is -0.106. The summed E-state index contributed by atoms with van der Waals surface area (Å²) in [5.74, 6) is 1.66. The van der Waals surface area contributed by atoms with Gasteiger partial charge in [0.1, 0.15) is 0 Å². The first-order valence-electron chi connectivity index (χ1n) is 5.54. The highest BCUT2D eigenvalue weighted by Crippen LogP contribution is 2.52. The van der Waals surface area contributed by atoms with Gasteiger partial charge in [0.25, 0.3) is 0 Å². The van der Waals surface area contributed by atoms with Crippen LogP contribution in [0.4, 0.5) is 0 Å². The minimum atomic E-state index is 0.0527. The fourth-order valence-corrected chi connectivity index (χ4v) is 3.31. The van der Waals surface area contributed by atoms with Gasteiger partial charge in [0, 0.05) is 6.54 Å². The molecular formula is C11H21NO. The van der Waals surface area contributed by atoms with Crippen LogP contribution in [0.1, 0.15) is 39.5 Å². The first kappa shape index (κ1) is 9.47. The number of hydrogen-bond donors (Lipinski definition) is 1. The molecule has 2 saturated carbocycles. The summed E-state index contributed by atoms with van der Waals surface area (Å²) < 4.78 is 6.06. The van der Waals surface area contributed by atoms with Crippen LogP contribution < -0.4 is 5.73 Å². The van der Waals surface area contributed by atoms with Crippen LogP contribution in [0.5, 0.6) is 0 Å². The second-order valence-electron chi connectivity index (χ2n) is 5.02. The van der Waals surface area contributed by atoms with E-state index in [1.807, 2.05) is 0 Å². The predicted molar refractivity (Wildman–Crippen MR) is 53.5 cm³/mol. The molecule has 0 aromatic heterocycles. The van der Waals surface area contributed by atoms with Crippen LogP contribution >= 0.6 is 0 Å². The largest absolute Gasteiger partial charge is 0.371 e. The molecule has 0 spiro atoms. The third kappa shape index (κ3) is 1.50. The first-order chi connectivity index (χ1) is 6.16. The molecule has 0 saturated heterocycles. The molecule has 2 nitrogen and oxygen atoms in total. The average molecular weight is 183 g/mol. The number of fused-ring (bicyclic) bond motifs is 2. The van der Waals surface area contributed by atoms with Crippen LogP contribution in [-0.4, -0.2) is 18.2 Å².